The largest absolute Gasteiger partial charge is 0.497 e. The first kappa shape index (κ1) is 20.2. The predicted molar refractivity (Wildman–Crippen MR) is 119 cm³/mol. The van der Waals surface area contributed by atoms with Crippen LogP contribution in [0.5, 0.6) is 5.75 Å². The van der Waals surface area contributed by atoms with Crippen LogP contribution in [0.3, 0.4) is 0 Å². The molecule has 2 aromatic heterocycles. The first-order valence-corrected chi connectivity index (χ1v) is 11.0. The summed E-state index contributed by atoms with van der Waals surface area (Å²) in [6.45, 7) is 1.92. The quantitative estimate of drug-likeness (QED) is 0.624. The molecule has 0 spiro atoms. The minimum atomic E-state index is -0.0543. The summed E-state index contributed by atoms with van der Waals surface area (Å²) in [5, 5.41) is 7.31. The summed E-state index contributed by atoms with van der Waals surface area (Å²) in [6, 6.07) is 7.75. The Morgan fingerprint density at radius 3 is 2.77 bits per heavy atom. The number of anilines is 2. The van der Waals surface area contributed by atoms with Gasteiger partial charge in [0.05, 0.1) is 31.4 Å². The maximum atomic E-state index is 12.4. The molecular formula is C21H24N6O2S. The Labute approximate surface area is 179 Å². The maximum Gasteiger partial charge on any atom is 0.224 e. The van der Waals surface area contributed by atoms with Crippen molar-refractivity contribution in [3.05, 3.63) is 54.7 Å². The lowest BCUT2D eigenvalue weighted by molar-refractivity contribution is -0.116. The van der Waals surface area contributed by atoms with E-state index in [0.29, 0.717) is 18.5 Å². The van der Waals surface area contributed by atoms with Crippen molar-refractivity contribution in [1.29, 1.82) is 0 Å². The summed E-state index contributed by atoms with van der Waals surface area (Å²) in [7, 11) is 1.64. The topological polar surface area (TPSA) is 85.2 Å². The third-order valence-electron chi connectivity index (χ3n) is 4.91. The van der Waals surface area contributed by atoms with Gasteiger partial charge in [0.1, 0.15) is 17.8 Å². The van der Waals surface area contributed by atoms with Crippen LogP contribution in [-0.2, 0) is 11.2 Å². The number of carbonyl (C=O) groups is 1. The highest BCUT2D eigenvalue weighted by Gasteiger charge is 2.18. The van der Waals surface area contributed by atoms with E-state index in [1.165, 1.54) is 6.33 Å². The number of ether oxygens (including phenoxy) is 1. The molecule has 0 radical (unpaired) electrons. The number of thioether (sulfide) groups is 1. The molecule has 4 rings (SSSR count). The first-order valence-electron chi connectivity index (χ1n) is 9.83. The Morgan fingerprint density at radius 1 is 1.20 bits per heavy atom. The first-order chi connectivity index (χ1) is 14.7. The number of methoxy groups -OCH3 is 1. The zero-order valence-corrected chi connectivity index (χ0v) is 17.6. The second kappa shape index (κ2) is 9.62. The highest BCUT2D eigenvalue weighted by Crippen LogP contribution is 2.24. The van der Waals surface area contributed by atoms with Crippen LogP contribution < -0.4 is 15.0 Å². The second-order valence-corrected chi connectivity index (χ2v) is 8.13. The number of amides is 1. The molecule has 1 N–H and O–H groups in total. The van der Waals surface area contributed by atoms with Gasteiger partial charge in [-0.25, -0.2) is 14.6 Å². The predicted octanol–water partition coefficient (Wildman–Crippen LogP) is 2.80. The molecule has 156 valence electrons. The van der Waals surface area contributed by atoms with Crippen molar-refractivity contribution in [3.63, 3.8) is 0 Å². The van der Waals surface area contributed by atoms with Crippen LogP contribution >= 0.6 is 11.8 Å². The summed E-state index contributed by atoms with van der Waals surface area (Å²) < 4.78 is 6.85. The van der Waals surface area contributed by atoms with Gasteiger partial charge in [0.25, 0.3) is 0 Å². The van der Waals surface area contributed by atoms with Crippen molar-refractivity contribution in [2.24, 2.45) is 0 Å². The van der Waals surface area contributed by atoms with Crippen molar-refractivity contribution in [2.75, 3.05) is 41.9 Å². The van der Waals surface area contributed by atoms with E-state index in [9.17, 15) is 4.79 Å². The molecule has 1 fully saturated rings. The molecule has 0 atom stereocenters. The Hall–Kier alpha value is -3.07. The van der Waals surface area contributed by atoms with E-state index in [0.717, 1.165) is 47.4 Å². The van der Waals surface area contributed by atoms with Crippen LogP contribution in [0.1, 0.15) is 12.0 Å². The van der Waals surface area contributed by atoms with E-state index >= 15 is 0 Å². The van der Waals surface area contributed by atoms with Gasteiger partial charge in [-0.2, -0.15) is 16.9 Å². The fourth-order valence-corrected chi connectivity index (χ4v) is 4.20. The van der Waals surface area contributed by atoms with Gasteiger partial charge in [-0.15, -0.1) is 0 Å². The van der Waals surface area contributed by atoms with Gasteiger partial charge in [0.2, 0.25) is 5.91 Å². The molecule has 1 aliphatic heterocycles. The van der Waals surface area contributed by atoms with Crippen LogP contribution in [0.2, 0.25) is 0 Å². The third kappa shape index (κ3) is 4.91. The summed E-state index contributed by atoms with van der Waals surface area (Å²) in [5.74, 6) is 3.64. The fraction of sp³-hybridized carbons (Fsp3) is 0.333. The molecule has 1 saturated heterocycles. The standard InChI is InChI=1S/C21H24N6O2S/c1-29-18-5-2-16(3-6-18)4-7-20(28)25-17-12-24-27(14-17)21-19(13-22-15-23-21)26-8-10-30-11-9-26/h2-3,5-6,12-15H,4,7-11H2,1H3,(H,25,28). The normalized spacial score (nSPS) is 13.8. The van der Waals surface area contributed by atoms with Gasteiger partial charge in [0.15, 0.2) is 5.82 Å². The molecule has 9 heteroatoms. The van der Waals surface area contributed by atoms with Crippen LogP contribution in [0, 0.1) is 0 Å². The summed E-state index contributed by atoms with van der Waals surface area (Å²) in [6.07, 6.45) is 7.83. The molecule has 1 amide bonds. The van der Waals surface area contributed by atoms with Crippen molar-refractivity contribution < 1.29 is 9.53 Å². The van der Waals surface area contributed by atoms with Crippen LogP contribution in [0.4, 0.5) is 11.4 Å². The fourth-order valence-electron chi connectivity index (χ4n) is 3.30. The van der Waals surface area contributed by atoms with Crippen molar-refractivity contribution in [1.82, 2.24) is 19.7 Å². The molecule has 0 saturated carbocycles. The average molecular weight is 425 g/mol. The summed E-state index contributed by atoms with van der Waals surface area (Å²) >= 11 is 1.95. The molecule has 0 unspecified atom stereocenters. The van der Waals surface area contributed by atoms with Crippen molar-refractivity contribution >= 4 is 29.0 Å². The smallest absolute Gasteiger partial charge is 0.224 e. The van der Waals surface area contributed by atoms with Gasteiger partial charge in [-0.05, 0) is 24.1 Å². The Balaban J connectivity index is 1.39. The number of benzene rings is 1. The third-order valence-corrected chi connectivity index (χ3v) is 5.85. The molecule has 3 heterocycles. The lowest BCUT2D eigenvalue weighted by atomic mass is 10.1. The molecule has 3 aromatic rings. The lowest BCUT2D eigenvalue weighted by Crippen LogP contribution is -2.33. The molecule has 0 aliphatic carbocycles. The maximum absolute atomic E-state index is 12.4. The molecule has 8 nitrogen and oxygen atoms in total. The van der Waals surface area contributed by atoms with Gasteiger partial charge in [0, 0.05) is 31.0 Å². The zero-order valence-electron chi connectivity index (χ0n) is 16.8. The van der Waals surface area contributed by atoms with Crippen molar-refractivity contribution in [3.8, 4) is 11.6 Å². The Kier molecular flexibility index (Phi) is 6.48. The van der Waals surface area contributed by atoms with E-state index < -0.39 is 0 Å². The minimum absolute atomic E-state index is 0.0543. The van der Waals surface area contributed by atoms with Crippen LogP contribution in [0.25, 0.3) is 5.82 Å². The number of rotatable bonds is 7. The highest BCUT2D eigenvalue weighted by molar-refractivity contribution is 7.99. The van der Waals surface area contributed by atoms with E-state index in [4.69, 9.17) is 4.74 Å². The number of carbonyl (C=O) groups excluding carboxylic acids is 1. The number of nitrogens with one attached hydrogen (secondary N) is 1. The zero-order chi connectivity index (χ0) is 20.8. The summed E-state index contributed by atoms with van der Waals surface area (Å²) in [5.41, 5.74) is 2.69. The number of aryl methyl sites for hydroxylation is 1. The molecule has 1 aromatic carbocycles. The second-order valence-electron chi connectivity index (χ2n) is 6.90. The molecular weight excluding hydrogens is 400 g/mol. The number of hydrogen-bond donors (Lipinski definition) is 1. The Bertz CT molecular complexity index is 985. The SMILES string of the molecule is COc1ccc(CCC(=O)Nc2cnn(-c3ncncc3N3CCSCC3)c2)cc1. The monoisotopic (exact) mass is 424 g/mol. The Morgan fingerprint density at radius 2 is 2.00 bits per heavy atom. The van der Waals surface area contributed by atoms with Gasteiger partial charge < -0.3 is 15.0 Å². The summed E-state index contributed by atoms with van der Waals surface area (Å²) in [4.78, 5) is 23.2. The number of nitrogens with zero attached hydrogens (tertiary/aromatic N) is 5. The van der Waals surface area contributed by atoms with E-state index in [2.05, 4.69) is 25.3 Å². The van der Waals surface area contributed by atoms with E-state index in [1.807, 2.05) is 42.2 Å². The molecule has 0 bridgehead atoms. The van der Waals surface area contributed by atoms with Gasteiger partial charge in [-0.3, -0.25) is 4.79 Å². The highest BCUT2D eigenvalue weighted by atomic mass is 32.2. The number of hydrogen-bond acceptors (Lipinski definition) is 7. The molecule has 1 aliphatic rings. The minimum Gasteiger partial charge on any atom is -0.497 e. The molecule has 30 heavy (non-hydrogen) atoms. The van der Waals surface area contributed by atoms with Gasteiger partial charge >= 0.3 is 0 Å². The van der Waals surface area contributed by atoms with Crippen LogP contribution in [0.15, 0.2) is 49.2 Å². The van der Waals surface area contributed by atoms with Crippen LogP contribution in [-0.4, -0.2) is 57.4 Å². The van der Waals surface area contributed by atoms with E-state index in [1.54, 1.807) is 24.2 Å². The number of aromatic nitrogens is 4. The van der Waals surface area contributed by atoms with Gasteiger partial charge in [-0.1, -0.05) is 12.1 Å². The van der Waals surface area contributed by atoms with E-state index in [-0.39, 0.29) is 5.91 Å². The lowest BCUT2D eigenvalue weighted by Gasteiger charge is -2.29. The van der Waals surface area contributed by atoms with Crippen molar-refractivity contribution in [2.45, 2.75) is 12.8 Å². The average Bonchev–Trinajstić information content (AvgIpc) is 3.27.